The average molecular weight is 323 g/mol. The maximum Gasteiger partial charge on any atom is 0.217 e. The fourth-order valence-corrected chi connectivity index (χ4v) is 3.42. The first-order valence-electron chi connectivity index (χ1n) is 9.37. The summed E-state index contributed by atoms with van der Waals surface area (Å²) in [5, 5.41) is 2.94. The lowest BCUT2D eigenvalue weighted by Gasteiger charge is -2.38. The summed E-state index contributed by atoms with van der Waals surface area (Å²) in [7, 11) is 0. The Bertz CT molecular complexity index is 392. The lowest BCUT2D eigenvalue weighted by atomic mass is 10.1. The minimum absolute atomic E-state index is 0.0637. The van der Waals surface area contributed by atoms with Gasteiger partial charge in [-0.2, -0.15) is 0 Å². The van der Waals surface area contributed by atoms with Gasteiger partial charge in [-0.3, -0.25) is 9.28 Å². The highest BCUT2D eigenvalue weighted by Crippen LogP contribution is 2.24. The molecule has 1 N–H and O–H groups in total. The van der Waals surface area contributed by atoms with Crippen molar-refractivity contribution < 1.29 is 9.28 Å². The molecule has 0 aromatic carbocycles. The Hall–Kier alpha value is -1.16. The molecule has 132 valence electrons. The second-order valence-corrected chi connectivity index (χ2v) is 6.65. The molecular weight excluding hydrogens is 286 g/mol. The maximum atomic E-state index is 11.1. The molecule has 1 rings (SSSR count). The summed E-state index contributed by atoms with van der Waals surface area (Å²) in [5.74, 6) is 0.0637. The topological polar surface area (TPSA) is 41.5 Å². The van der Waals surface area contributed by atoms with Gasteiger partial charge >= 0.3 is 0 Å². The quantitative estimate of drug-likeness (QED) is 0.332. The summed E-state index contributed by atoms with van der Waals surface area (Å²) in [6.45, 7) is 9.78. The molecular formula is C19H36N3O+. The number of hydrogen-bond donors (Lipinski definition) is 1. The van der Waals surface area contributed by atoms with Gasteiger partial charge in [0.15, 0.2) is 6.17 Å². The van der Waals surface area contributed by atoms with Crippen LogP contribution in [0.1, 0.15) is 65.7 Å². The van der Waals surface area contributed by atoms with Gasteiger partial charge in [-0.1, -0.05) is 31.4 Å². The van der Waals surface area contributed by atoms with Crippen LogP contribution in [0.4, 0.5) is 0 Å². The first-order valence-corrected chi connectivity index (χ1v) is 9.37. The molecule has 4 heteroatoms. The number of allylic oxidation sites excluding steroid dienone is 2. The van der Waals surface area contributed by atoms with Crippen molar-refractivity contribution in [3.8, 4) is 0 Å². The smallest absolute Gasteiger partial charge is 0.217 e. The standard InChI is InChI=1S/C19H35N3O/c1-4-6-7-8-9-10-11-12-13-19-21-15-17-22(19,5-2)16-14-20-18(3)23/h4,6,15,19H,5,7-14,16-17H2,1-3H3/p+1/b6-4+. The highest BCUT2D eigenvalue weighted by molar-refractivity contribution is 5.72. The molecule has 0 bridgehead atoms. The van der Waals surface area contributed by atoms with Crippen molar-refractivity contribution in [3.63, 3.8) is 0 Å². The fourth-order valence-electron chi connectivity index (χ4n) is 3.42. The number of nitrogens with one attached hydrogen (secondary N) is 1. The van der Waals surface area contributed by atoms with Crippen molar-refractivity contribution in [1.29, 1.82) is 0 Å². The zero-order valence-electron chi connectivity index (χ0n) is 15.4. The number of rotatable bonds is 12. The second-order valence-electron chi connectivity index (χ2n) is 6.65. The van der Waals surface area contributed by atoms with Gasteiger partial charge in [0.05, 0.1) is 25.8 Å². The molecule has 0 radical (unpaired) electrons. The Morgan fingerprint density at radius 1 is 1.30 bits per heavy atom. The zero-order valence-corrected chi connectivity index (χ0v) is 15.4. The SMILES string of the molecule is C/C=C/CCCCCCCC1N=CC[N+]1(CC)CCNC(C)=O. The predicted octanol–water partition coefficient (Wildman–Crippen LogP) is 3.68. The number of carbonyl (C=O) groups excluding carboxylic acids is 1. The van der Waals surface area contributed by atoms with E-state index in [0.717, 1.165) is 30.7 Å². The summed E-state index contributed by atoms with van der Waals surface area (Å²) >= 11 is 0. The van der Waals surface area contributed by atoms with E-state index < -0.39 is 0 Å². The summed E-state index contributed by atoms with van der Waals surface area (Å²) in [4.78, 5) is 15.8. The van der Waals surface area contributed by atoms with Gasteiger partial charge < -0.3 is 5.32 Å². The number of hydrogen-bond acceptors (Lipinski definition) is 2. The van der Waals surface area contributed by atoms with Gasteiger partial charge in [-0.05, 0) is 33.1 Å². The van der Waals surface area contributed by atoms with Crippen LogP contribution in [0.2, 0.25) is 0 Å². The molecule has 23 heavy (non-hydrogen) atoms. The van der Waals surface area contributed by atoms with Crippen LogP contribution in [-0.2, 0) is 4.79 Å². The summed E-state index contributed by atoms with van der Waals surface area (Å²) in [6.07, 6.45) is 15.9. The number of quaternary nitrogens is 1. The molecule has 0 fully saturated rings. The largest absolute Gasteiger partial charge is 0.351 e. The van der Waals surface area contributed by atoms with E-state index in [2.05, 4.69) is 37.5 Å². The van der Waals surface area contributed by atoms with Crippen molar-refractivity contribution in [3.05, 3.63) is 12.2 Å². The molecule has 0 aromatic heterocycles. The molecule has 0 aliphatic carbocycles. The van der Waals surface area contributed by atoms with Crippen LogP contribution in [0, 0.1) is 0 Å². The number of nitrogens with zero attached hydrogens (tertiary/aromatic N) is 2. The number of aliphatic imine (C=N–C) groups is 1. The van der Waals surface area contributed by atoms with Crippen LogP contribution in [0.3, 0.4) is 0 Å². The molecule has 0 spiro atoms. The Labute approximate surface area is 142 Å². The van der Waals surface area contributed by atoms with Gasteiger partial charge in [-0.25, -0.2) is 4.99 Å². The van der Waals surface area contributed by atoms with E-state index in [1.807, 2.05) is 0 Å². The van der Waals surface area contributed by atoms with E-state index in [0.29, 0.717) is 6.17 Å². The maximum absolute atomic E-state index is 11.1. The number of amides is 1. The van der Waals surface area contributed by atoms with Crippen LogP contribution < -0.4 is 5.32 Å². The number of unbranched alkanes of at least 4 members (excludes halogenated alkanes) is 5. The van der Waals surface area contributed by atoms with E-state index >= 15 is 0 Å². The highest BCUT2D eigenvalue weighted by Gasteiger charge is 2.37. The molecule has 4 nitrogen and oxygen atoms in total. The van der Waals surface area contributed by atoms with Crippen molar-refractivity contribution in [2.24, 2.45) is 4.99 Å². The number of likely N-dealkylation sites (N-methyl/N-ethyl adjacent to an activating group) is 1. The van der Waals surface area contributed by atoms with Crippen molar-refractivity contribution >= 4 is 12.1 Å². The van der Waals surface area contributed by atoms with Gasteiger partial charge in [0.25, 0.3) is 0 Å². The van der Waals surface area contributed by atoms with E-state index in [9.17, 15) is 4.79 Å². The van der Waals surface area contributed by atoms with Gasteiger partial charge in [0, 0.05) is 13.3 Å². The van der Waals surface area contributed by atoms with Gasteiger partial charge in [-0.15, -0.1) is 0 Å². The molecule has 0 saturated heterocycles. The average Bonchev–Trinajstić information content (AvgIpc) is 2.93. The van der Waals surface area contributed by atoms with E-state index in [1.165, 1.54) is 44.9 Å². The summed E-state index contributed by atoms with van der Waals surface area (Å²) in [6, 6.07) is 0. The first-order chi connectivity index (χ1) is 11.1. The van der Waals surface area contributed by atoms with Crippen LogP contribution in [-0.4, -0.2) is 48.9 Å². The Kier molecular flexibility index (Phi) is 9.85. The normalized spacial score (nSPS) is 23.7. The van der Waals surface area contributed by atoms with E-state index in [4.69, 9.17) is 4.99 Å². The fraction of sp³-hybridized carbons (Fsp3) is 0.789. The Morgan fingerprint density at radius 2 is 2.04 bits per heavy atom. The van der Waals surface area contributed by atoms with Crippen LogP contribution in [0.15, 0.2) is 17.1 Å². The van der Waals surface area contributed by atoms with Gasteiger partial charge in [0.2, 0.25) is 5.91 Å². The van der Waals surface area contributed by atoms with Crippen molar-refractivity contribution in [1.82, 2.24) is 5.32 Å². The third-order valence-electron chi connectivity index (χ3n) is 4.98. The minimum atomic E-state index is 0.0637. The van der Waals surface area contributed by atoms with E-state index in [-0.39, 0.29) is 5.91 Å². The van der Waals surface area contributed by atoms with Crippen molar-refractivity contribution in [2.75, 3.05) is 26.2 Å². The third-order valence-corrected chi connectivity index (χ3v) is 4.98. The zero-order chi connectivity index (χ0) is 17.0. The number of carbonyl (C=O) groups is 1. The van der Waals surface area contributed by atoms with Crippen LogP contribution >= 0.6 is 0 Å². The highest BCUT2D eigenvalue weighted by atomic mass is 16.1. The summed E-state index contributed by atoms with van der Waals surface area (Å²) in [5.41, 5.74) is 0. The van der Waals surface area contributed by atoms with Crippen LogP contribution in [0.25, 0.3) is 0 Å². The molecule has 0 aromatic rings. The molecule has 1 aliphatic rings. The molecule has 2 unspecified atom stereocenters. The Morgan fingerprint density at radius 3 is 2.74 bits per heavy atom. The monoisotopic (exact) mass is 322 g/mol. The molecule has 0 saturated carbocycles. The third kappa shape index (κ3) is 7.30. The van der Waals surface area contributed by atoms with Crippen molar-refractivity contribution in [2.45, 2.75) is 71.9 Å². The lowest BCUT2D eigenvalue weighted by molar-refractivity contribution is -0.935. The molecule has 1 amide bonds. The molecule has 1 heterocycles. The van der Waals surface area contributed by atoms with E-state index in [1.54, 1.807) is 6.92 Å². The molecule has 1 aliphatic heterocycles. The van der Waals surface area contributed by atoms with Gasteiger partial charge in [0.1, 0.15) is 6.54 Å². The van der Waals surface area contributed by atoms with Crippen LogP contribution in [0.5, 0.6) is 0 Å². The Balaban J connectivity index is 2.24. The summed E-state index contributed by atoms with van der Waals surface area (Å²) < 4.78 is 1.02. The minimum Gasteiger partial charge on any atom is -0.351 e. The lowest BCUT2D eigenvalue weighted by Crippen LogP contribution is -2.55. The predicted molar refractivity (Wildman–Crippen MR) is 98.6 cm³/mol. The first kappa shape index (κ1) is 19.9. The second kappa shape index (κ2) is 11.4. The molecule has 2 atom stereocenters.